The average Bonchev–Trinajstić information content (AvgIpc) is 2.99. The van der Waals surface area contributed by atoms with Gasteiger partial charge in [0, 0.05) is 12.5 Å². The number of nitrogens with zero attached hydrogens (tertiary/aromatic N) is 1. The SMILES string of the molecule is CCOC(=O)Cc1ccccc1Cc1nc2c(F)c(F)cc(F)c2s1. The van der Waals surface area contributed by atoms with Gasteiger partial charge in [-0.3, -0.25) is 4.79 Å². The first-order chi connectivity index (χ1) is 12.0. The highest BCUT2D eigenvalue weighted by atomic mass is 32.1. The molecule has 3 nitrogen and oxygen atoms in total. The predicted molar refractivity (Wildman–Crippen MR) is 89.1 cm³/mol. The first-order valence-electron chi connectivity index (χ1n) is 7.65. The first kappa shape index (κ1) is 17.4. The van der Waals surface area contributed by atoms with Crippen LogP contribution in [0, 0.1) is 17.5 Å². The summed E-state index contributed by atoms with van der Waals surface area (Å²) in [6, 6.07) is 7.73. The molecular weight excluding hydrogens is 351 g/mol. The zero-order valence-electron chi connectivity index (χ0n) is 13.3. The Balaban J connectivity index is 1.93. The van der Waals surface area contributed by atoms with Crippen molar-refractivity contribution in [2.24, 2.45) is 0 Å². The Morgan fingerprint density at radius 1 is 1.16 bits per heavy atom. The molecule has 0 spiro atoms. The summed E-state index contributed by atoms with van der Waals surface area (Å²) in [7, 11) is 0. The Bertz CT molecular complexity index is 939. The lowest BCUT2D eigenvalue weighted by molar-refractivity contribution is -0.142. The van der Waals surface area contributed by atoms with Crippen LogP contribution in [0.4, 0.5) is 13.2 Å². The lowest BCUT2D eigenvalue weighted by Crippen LogP contribution is -2.09. The molecule has 0 bridgehead atoms. The number of hydrogen-bond donors (Lipinski definition) is 0. The van der Waals surface area contributed by atoms with Gasteiger partial charge in [0.25, 0.3) is 0 Å². The lowest BCUT2D eigenvalue weighted by Gasteiger charge is -2.07. The fraction of sp³-hybridized carbons (Fsp3) is 0.222. The number of rotatable bonds is 5. The molecule has 130 valence electrons. The van der Waals surface area contributed by atoms with Gasteiger partial charge >= 0.3 is 5.97 Å². The molecule has 0 radical (unpaired) electrons. The molecule has 0 amide bonds. The van der Waals surface area contributed by atoms with Gasteiger partial charge in [0.1, 0.15) is 11.3 Å². The Morgan fingerprint density at radius 2 is 1.88 bits per heavy atom. The van der Waals surface area contributed by atoms with Crippen molar-refractivity contribution < 1.29 is 22.7 Å². The molecule has 3 aromatic rings. The van der Waals surface area contributed by atoms with Gasteiger partial charge in [0.2, 0.25) is 0 Å². The van der Waals surface area contributed by atoms with Crippen LogP contribution in [-0.4, -0.2) is 17.6 Å². The minimum absolute atomic E-state index is 0.0169. The van der Waals surface area contributed by atoms with Crippen LogP contribution in [0.3, 0.4) is 0 Å². The number of thiazole rings is 1. The van der Waals surface area contributed by atoms with Gasteiger partial charge in [-0.1, -0.05) is 24.3 Å². The minimum atomic E-state index is -1.26. The lowest BCUT2D eigenvalue weighted by atomic mass is 10.0. The quantitative estimate of drug-likeness (QED) is 0.497. The third kappa shape index (κ3) is 3.66. The van der Waals surface area contributed by atoms with Crippen LogP contribution in [0.1, 0.15) is 23.1 Å². The Kier molecular flexibility index (Phi) is 5.03. The van der Waals surface area contributed by atoms with E-state index in [2.05, 4.69) is 4.98 Å². The van der Waals surface area contributed by atoms with E-state index in [-0.39, 0.29) is 29.0 Å². The number of carbonyl (C=O) groups is 1. The zero-order valence-corrected chi connectivity index (χ0v) is 14.1. The topological polar surface area (TPSA) is 39.2 Å². The number of hydrogen-bond acceptors (Lipinski definition) is 4. The number of ether oxygens (including phenoxy) is 1. The number of carbonyl (C=O) groups excluding carboxylic acids is 1. The third-order valence-corrected chi connectivity index (χ3v) is 4.72. The van der Waals surface area contributed by atoms with Crippen molar-refractivity contribution in [1.82, 2.24) is 4.98 Å². The molecular formula is C18H14F3NO2S. The van der Waals surface area contributed by atoms with E-state index >= 15 is 0 Å². The van der Waals surface area contributed by atoms with Crippen LogP contribution in [0.25, 0.3) is 10.2 Å². The van der Waals surface area contributed by atoms with Gasteiger partial charge in [-0.15, -0.1) is 11.3 Å². The third-order valence-electron chi connectivity index (χ3n) is 3.66. The number of esters is 1. The van der Waals surface area contributed by atoms with E-state index in [0.29, 0.717) is 17.7 Å². The van der Waals surface area contributed by atoms with Crippen molar-refractivity contribution >= 4 is 27.5 Å². The summed E-state index contributed by atoms with van der Waals surface area (Å²) in [5.74, 6) is -3.60. The number of aromatic nitrogens is 1. The van der Waals surface area contributed by atoms with Crippen LogP contribution >= 0.6 is 11.3 Å². The Morgan fingerprint density at radius 3 is 2.60 bits per heavy atom. The van der Waals surface area contributed by atoms with Crippen molar-refractivity contribution in [2.45, 2.75) is 19.8 Å². The van der Waals surface area contributed by atoms with Gasteiger partial charge in [-0.2, -0.15) is 0 Å². The van der Waals surface area contributed by atoms with Crippen LogP contribution in [0.15, 0.2) is 30.3 Å². The van der Waals surface area contributed by atoms with E-state index in [1.807, 2.05) is 6.07 Å². The highest BCUT2D eigenvalue weighted by molar-refractivity contribution is 7.18. The van der Waals surface area contributed by atoms with Crippen LogP contribution < -0.4 is 0 Å². The van der Waals surface area contributed by atoms with Gasteiger partial charge in [-0.05, 0) is 18.1 Å². The van der Waals surface area contributed by atoms with Crippen molar-refractivity contribution in [1.29, 1.82) is 0 Å². The molecule has 2 aromatic carbocycles. The molecule has 0 fully saturated rings. The van der Waals surface area contributed by atoms with Crippen LogP contribution in [0.2, 0.25) is 0 Å². The maximum atomic E-state index is 13.8. The van der Waals surface area contributed by atoms with Crippen LogP contribution in [0.5, 0.6) is 0 Å². The predicted octanol–water partition coefficient (Wildman–Crippen LogP) is 4.41. The monoisotopic (exact) mass is 365 g/mol. The summed E-state index contributed by atoms with van der Waals surface area (Å²) >= 11 is 0.970. The number of benzene rings is 2. The van der Waals surface area contributed by atoms with Gasteiger partial charge < -0.3 is 4.74 Å². The highest BCUT2D eigenvalue weighted by Gasteiger charge is 2.18. The minimum Gasteiger partial charge on any atom is -0.466 e. The molecule has 0 aliphatic carbocycles. The molecule has 0 N–H and O–H groups in total. The smallest absolute Gasteiger partial charge is 0.310 e. The average molecular weight is 365 g/mol. The normalized spacial score (nSPS) is 11.0. The molecule has 0 aliphatic heterocycles. The van der Waals surface area contributed by atoms with E-state index in [4.69, 9.17) is 4.74 Å². The van der Waals surface area contributed by atoms with Crippen molar-refractivity contribution in [3.63, 3.8) is 0 Å². The summed E-state index contributed by atoms with van der Waals surface area (Å²) < 4.78 is 45.9. The highest BCUT2D eigenvalue weighted by Crippen LogP contribution is 2.30. The summed E-state index contributed by atoms with van der Waals surface area (Å²) in [5.41, 5.74) is 1.25. The van der Waals surface area contributed by atoms with E-state index in [1.165, 1.54) is 0 Å². The molecule has 3 rings (SSSR count). The molecule has 0 saturated heterocycles. The largest absolute Gasteiger partial charge is 0.466 e. The molecule has 25 heavy (non-hydrogen) atoms. The number of halogens is 3. The molecule has 0 unspecified atom stereocenters. The fourth-order valence-electron chi connectivity index (χ4n) is 2.54. The molecule has 0 saturated carbocycles. The first-order valence-corrected chi connectivity index (χ1v) is 8.46. The zero-order chi connectivity index (χ0) is 18.0. The summed E-state index contributed by atoms with van der Waals surface area (Å²) in [6.45, 7) is 2.02. The Hall–Kier alpha value is -2.41. The summed E-state index contributed by atoms with van der Waals surface area (Å²) in [5, 5.41) is 0.440. The van der Waals surface area contributed by atoms with Crippen molar-refractivity contribution in [3.05, 3.63) is 63.9 Å². The van der Waals surface area contributed by atoms with Crippen molar-refractivity contribution in [2.75, 3.05) is 6.61 Å². The van der Waals surface area contributed by atoms with Gasteiger partial charge in [-0.25, -0.2) is 18.2 Å². The maximum absolute atomic E-state index is 13.8. The molecule has 1 aromatic heterocycles. The van der Waals surface area contributed by atoms with Crippen LogP contribution in [-0.2, 0) is 22.4 Å². The second kappa shape index (κ2) is 7.23. The standard InChI is InChI=1S/C18H14F3NO2S/c1-2-24-15(23)8-11-6-4-3-5-10(11)7-14-22-17-16(21)12(19)9-13(20)18(17)25-14/h3-6,9H,2,7-8H2,1H3. The second-order valence-electron chi connectivity index (χ2n) is 5.37. The molecule has 1 heterocycles. The Labute approximate surface area is 146 Å². The second-order valence-corrected chi connectivity index (χ2v) is 6.45. The molecule has 7 heteroatoms. The van der Waals surface area contributed by atoms with Gasteiger partial charge in [0.05, 0.1) is 22.7 Å². The molecule has 0 aliphatic rings. The maximum Gasteiger partial charge on any atom is 0.310 e. The van der Waals surface area contributed by atoms with E-state index in [1.54, 1.807) is 25.1 Å². The van der Waals surface area contributed by atoms with Crippen molar-refractivity contribution in [3.8, 4) is 0 Å². The number of fused-ring (bicyclic) bond motifs is 1. The van der Waals surface area contributed by atoms with E-state index < -0.39 is 17.5 Å². The summed E-state index contributed by atoms with van der Waals surface area (Å²) in [4.78, 5) is 15.7. The summed E-state index contributed by atoms with van der Waals surface area (Å²) in [6.07, 6.45) is 0.391. The fourth-order valence-corrected chi connectivity index (χ4v) is 3.53. The molecule has 0 atom stereocenters. The van der Waals surface area contributed by atoms with E-state index in [9.17, 15) is 18.0 Å². The van der Waals surface area contributed by atoms with E-state index in [0.717, 1.165) is 22.5 Å². The van der Waals surface area contributed by atoms with Gasteiger partial charge in [0.15, 0.2) is 11.6 Å².